The number of benzene rings is 2. The number of hydrogen-bond acceptors (Lipinski definition) is 3. The molecule has 5 heteroatoms. The summed E-state index contributed by atoms with van der Waals surface area (Å²) in [4.78, 5) is 20.3. The third kappa shape index (κ3) is 3.94. The van der Waals surface area contributed by atoms with E-state index in [-0.39, 0.29) is 17.9 Å². The van der Waals surface area contributed by atoms with Crippen LogP contribution in [0, 0.1) is 12.8 Å². The van der Waals surface area contributed by atoms with E-state index in [2.05, 4.69) is 24.5 Å². The number of imidazole rings is 1. The fourth-order valence-corrected chi connectivity index (χ4v) is 3.72. The largest absolute Gasteiger partial charge is 0.330 e. The molecule has 28 heavy (non-hydrogen) atoms. The highest BCUT2D eigenvalue weighted by Crippen LogP contribution is 2.31. The van der Waals surface area contributed by atoms with Gasteiger partial charge in [0.1, 0.15) is 5.82 Å². The lowest BCUT2D eigenvalue weighted by molar-refractivity contribution is 0.0606. The van der Waals surface area contributed by atoms with E-state index in [0.717, 1.165) is 28.8 Å². The number of fused-ring (bicyclic) bond motifs is 1. The minimum absolute atomic E-state index is 0.0270. The number of carbonyl (C=O) groups is 1. The van der Waals surface area contributed by atoms with Gasteiger partial charge in [-0.3, -0.25) is 4.79 Å². The molecule has 2 aromatic carbocycles. The molecule has 0 fully saturated rings. The molecule has 1 aromatic heterocycles. The molecule has 0 radical (unpaired) electrons. The molecule has 3 rings (SSSR count). The molecule has 148 valence electrons. The quantitative estimate of drug-likeness (QED) is 0.674. The number of rotatable bonds is 7. The van der Waals surface area contributed by atoms with Crippen LogP contribution in [-0.2, 0) is 7.05 Å². The number of aryl methyl sites for hydroxylation is 2. The molecule has 0 aliphatic carbocycles. The molecule has 1 atom stereocenters. The maximum absolute atomic E-state index is 13.5. The van der Waals surface area contributed by atoms with Gasteiger partial charge in [0.15, 0.2) is 0 Å². The van der Waals surface area contributed by atoms with Crippen molar-refractivity contribution in [2.75, 3.05) is 13.1 Å². The van der Waals surface area contributed by atoms with E-state index in [1.54, 1.807) is 0 Å². The highest BCUT2D eigenvalue weighted by atomic mass is 16.2. The van der Waals surface area contributed by atoms with Crippen LogP contribution in [0.4, 0.5) is 0 Å². The van der Waals surface area contributed by atoms with Crippen molar-refractivity contribution in [3.05, 3.63) is 65.5 Å². The van der Waals surface area contributed by atoms with Crippen molar-refractivity contribution < 1.29 is 4.79 Å². The second-order valence-corrected chi connectivity index (χ2v) is 7.71. The molecule has 3 aromatic rings. The summed E-state index contributed by atoms with van der Waals surface area (Å²) in [5.74, 6) is 1.15. The molecule has 0 aliphatic rings. The van der Waals surface area contributed by atoms with Crippen molar-refractivity contribution in [2.24, 2.45) is 18.7 Å². The smallest absolute Gasteiger partial charge is 0.254 e. The monoisotopic (exact) mass is 378 g/mol. The Morgan fingerprint density at radius 2 is 1.82 bits per heavy atom. The molecule has 0 bridgehead atoms. The first-order valence-corrected chi connectivity index (χ1v) is 9.93. The van der Waals surface area contributed by atoms with Crippen LogP contribution in [0.1, 0.15) is 48.1 Å². The third-order valence-corrected chi connectivity index (χ3v) is 5.22. The molecule has 1 heterocycles. The Bertz CT molecular complexity index is 943. The maximum atomic E-state index is 13.5. The molecular weight excluding hydrogens is 348 g/mol. The number of para-hydroxylation sites is 2. The molecule has 0 spiro atoms. The zero-order valence-electron chi connectivity index (χ0n) is 17.2. The number of nitrogens with two attached hydrogens (primary N) is 1. The van der Waals surface area contributed by atoms with Crippen molar-refractivity contribution >= 4 is 16.9 Å². The Hall–Kier alpha value is -2.66. The first-order valence-electron chi connectivity index (χ1n) is 9.93. The predicted octanol–water partition coefficient (Wildman–Crippen LogP) is 4.07. The highest BCUT2D eigenvalue weighted by Gasteiger charge is 2.31. The van der Waals surface area contributed by atoms with E-state index < -0.39 is 0 Å². The van der Waals surface area contributed by atoms with Crippen LogP contribution >= 0.6 is 0 Å². The minimum Gasteiger partial charge on any atom is -0.330 e. The summed E-state index contributed by atoms with van der Waals surface area (Å²) in [6.07, 6.45) is 0.755. The van der Waals surface area contributed by atoms with Crippen LogP contribution in [0.25, 0.3) is 11.0 Å². The molecule has 0 saturated carbocycles. The number of nitrogens with zero attached hydrogens (tertiary/aromatic N) is 3. The lowest BCUT2D eigenvalue weighted by Crippen LogP contribution is -2.40. The van der Waals surface area contributed by atoms with Crippen molar-refractivity contribution in [3.63, 3.8) is 0 Å². The average molecular weight is 379 g/mol. The van der Waals surface area contributed by atoms with Crippen LogP contribution in [0.3, 0.4) is 0 Å². The topological polar surface area (TPSA) is 64.2 Å². The van der Waals surface area contributed by atoms with Crippen molar-refractivity contribution in [2.45, 2.75) is 33.2 Å². The first kappa shape index (κ1) is 20.1. The Morgan fingerprint density at radius 3 is 2.43 bits per heavy atom. The van der Waals surface area contributed by atoms with Gasteiger partial charge in [-0.2, -0.15) is 0 Å². The molecule has 1 amide bonds. The third-order valence-electron chi connectivity index (χ3n) is 5.22. The van der Waals surface area contributed by atoms with E-state index in [4.69, 9.17) is 10.7 Å². The molecule has 5 nitrogen and oxygen atoms in total. The normalized spacial score (nSPS) is 12.5. The van der Waals surface area contributed by atoms with E-state index in [9.17, 15) is 4.79 Å². The highest BCUT2D eigenvalue weighted by molar-refractivity contribution is 5.94. The zero-order valence-corrected chi connectivity index (χ0v) is 17.2. The van der Waals surface area contributed by atoms with Gasteiger partial charge in [0.05, 0.1) is 17.1 Å². The average Bonchev–Trinajstić information content (AvgIpc) is 3.01. The minimum atomic E-state index is -0.127. The standard InChI is InChI=1S/C23H30N4O/c1-16(2)21(22-25-19-8-5-6-9-20(19)26(22)4)27(15-7-14-24)23(28)18-12-10-17(3)11-13-18/h5-6,8-13,16,21H,7,14-15,24H2,1-4H3. The summed E-state index contributed by atoms with van der Waals surface area (Å²) in [5, 5.41) is 0. The van der Waals surface area contributed by atoms with Crippen molar-refractivity contribution in [3.8, 4) is 0 Å². The number of carbonyl (C=O) groups excluding carboxylic acids is 1. The SMILES string of the molecule is Cc1ccc(C(=O)N(CCCN)C(c2nc3ccccc3n2C)C(C)C)cc1. The molecule has 0 aliphatic heterocycles. The molecule has 0 saturated heterocycles. The summed E-state index contributed by atoms with van der Waals surface area (Å²) < 4.78 is 2.11. The van der Waals surface area contributed by atoms with Gasteiger partial charge in [0.25, 0.3) is 5.91 Å². The predicted molar refractivity (Wildman–Crippen MR) is 114 cm³/mol. The van der Waals surface area contributed by atoms with Crippen LogP contribution in [-0.4, -0.2) is 33.4 Å². The van der Waals surface area contributed by atoms with E-state index in [1.165, 1.54) is 0 Å². The van der Waals surface area contributed by atoms with Gasteiger partial charge in [-0.05, 0) is 50.1 Å². The summed E-state index contributed by atoms with van der Waals surface area (Å²) in [7, 11) is 2.03. The number of amides is 1. The van der Waals surface area contributed by atoms with Gasteiger partial charge in [-0.25, -0.2) is 4.98 Å². The Kier molecular flexibility index (Phi) is 6.15. The van der Waals surface area contributed by atoms with Crippen molar-refractivity contribution in [1.29, 1.82) is 0 Å². The molecular formula is C23H30N4O. The van der Waals surface area contributed by atoms with Crippen LogP contribution < -0.4 is 5.73 Å². The summed E-state index contributed by atoms with van der Waals surface area (Å²) in [5.41, 5.74) is 9.65. The van der Waals surface area contributed by atoms with Gasteiger partial charge < -0.3 is 15.2 Å². The van der Waals surface area contributed by atoms with E-state index in [0.29, 0.717) is 18.7 Å². The van der Waals surface area contributed by atoms with Gasteiger partial charge >= 0.3 is 0 Å². The lowest BCUT2D eigenvalue weighted by Gasteiger charge is -2.34. The van der Waals surface area contributed by atoms with Gasteiger partial charge in [0.2, 0.25) is 0 Å². The lowest BCUT2D eigenvalue weighted by atomic mass is 9.99. The summed E-state index contributed by atoms with van der Waals surface area (Å²) in [6.45, 7) is 7.46. The number of hydrogen-bond donors (Lipinski definition) is 1. The van der Waals surface area contributed by atoms with Gasteiger partial charge in [0, 0.05) is 19.2 Å². The summed E-state index contributed by atoms with van der Waals surface area (Å²) >= 11 is 0. The second-order valence-electron chi connectivity index (χ2n) is 7.71. The maximum Gasteiger partial charge on any atom is 0.254 e. The van der Waals surface area contributed by atoms with Gasteiger partial charge in [-0.15, -0.1) is 0 Å². The Morgan fingerprint density at radius 1 is 1.14 bits per heavy atom. The van der Waals surface area contributed by atoms with Crippen LogP contribution in [0.5, 0.6) is 0 Å². The number of aromatic nitrogens is 2. The van der Waals surface area contributed by atoms with Crippen molar-refractivity contribution in [1.82, 2.24) is 14.5 Å². The fraction of sp³-hybridized carbons (Fsp3) is 0.391. The molecule has 2 N–H and O–H groups in total. The van der Waals surface area contributed by atoms with Crippen LogP contribution in [0.15, 0.2) is 48.5 Å². The second kappa shape index (κ2) is 8.57. The fourth-order valence-electron chi connectivity index (χ4n) is 3.72. The van der Waals surface area contributed by atoms with E-state index in [1.807, 2.05) is 61.3 Å². The zero-order chi connectivity index (χ0) is 20.3. The first-order chi connectivity index (χ1) is 13.4. The van der Waals surface area contributed by atoms with Crippen LogP contribution in [0.2, 0.25) is 0 Å². The molecule has 1 unspecified atom stereocenters. The van der Waals surface area contributed by atoms with E-state index >= 15 is 0 Å². The summed E-state index contributed by atoms with van der Waals surface area (Å²) in [6, 6.07) is 15.7. The Balaban J connectivity index is 2.06. The van der Waals surface area contributed by atoms with Gasteiger partial charge in [-0.1, -0.05) is 43.7 Å². The Labute approximate surface area is 167 Å².